The molecule has 2 amide bonds. The van der Waals surface area contributed by atoms with Crippen molar-refractivity contribution in [2.75, 3.05) is 13.1 Å². The van der Waals surface area contributed by atoms with Crippen LogP contribution in [0.3, 0.4) is 0 Å². The highest BCUT2D eigenvalue weighted by atomic mass is 19.1. The number of benzene rings is 1. The summed E-state index contributed by atoms with van der Waals surface area (Å²) in [5.41, 5.74) is 2.16. The molecule has 0 radical (unpaired) electrons. The third-order valence-corrected chi connectivity index (χ3v) is 4.62. The van der Waals surface area contributed by atoms with Crippen LogP contribution >= 0.6 is 0 Å². The zero-order valence-electron chi connectivity index (χ0n) is 14.6. The largest absolute Gasteiger partial charge is 0.350 e. The normalized spacial score (nSPS) is 14.9. The lowest BCUT2D eigenvalue weighted by atomic mass is 9.96. The zero-order valence-corrected chi connectivity index (χ0v) is 14.6. The van der Waals surface area contributed by atoms with Crippen molar-refractivity contribution in [2.45, 2.75) is 26.3 Å². The Morgan fingerprint density at radius 3 is 2.54 bits per heavy atom. The Bertz CT molecular complexity index is 786. The maximum Gasteiger partial charge on any atom is 0.223 e. The van der Waals surface area contributed by atoms with Gasteiger partial charge in [-0.3, -0.25) is 9.59 Å². The highest BCUT2D eigenvalue weighted by Gasteiger charge is 2.25. The monoisotopic (exact) mass is 356 g/mol. The molecular weight excluding hydrogens is 335 g/mol. The lowest BCUT2D eigenvalue weighted by molar-refractivity contribution is -0.134. The molecule has 1 aliphatic heterocycles. The van der Waals surface area contributed by atoms with Gasteiger partial charge in [-0.25, -0.2) is 14.4 Å². The first-order chi connectivity index (χ1) is 12.5. The summed E-state index contributed by atoms with van der Waals surface area (Å²) in [6, 6.07) is 7.86. The van der Waals surface area contributed by atoms with Crippen molar-refractivity contribution in [2.24, 2.45) is 5.92 Å². The zero-order chi connectivity index (χ0) is 18.5. The van der Waals surface area contributed by atoms with E-state index in [0.29, 0.717) is 43.9 Å². The van der Waals surface area contributed by atoms with Gasteiger partial charge in [0.2, 0.25) is 11.8 Å². The maximum absolute atomic E-state index is 13.0. The number of piperidine rings is 1. The number of aromatic nitrogens is 2. The minimum atomic E-state index is -0.300. The van der Waals surface area contributed by atoms with E-state index < -0.39 is 0 Å². The second kappa shape index (κ2) is 8.03. The highest BCUT2D eigenvalue weighted by Crippen LogP contribution is 2.19. The smallest absolute Gasteiger partial charge is 0.223 e. The number of nitrogens with one attached hydrogen (secondary N) is 1. The molecule has 6 nitrogen and oxygen atoms in total. The third kappa shape index (κ3) is 4.41. The number of carbonyl (C=O) groups excluding carboxylic acids is 2. The fraction of sp³-hybridized carbons (Fsp3) is 0.368. The van der Waals surface area contributed by atoms with Gasteiger partial charge in [0.25, 0.3) is 0 Å². The van der Waals surface area contributed by atoms with Gasteiger partial charge < -0.3 is 10.2 Å². The van der Waals surface area contributed by atoms with Crippen molar-refractivity contribution in [3.63, 3.8) is 0 Å². The molecule has 2 aromatic rings. The van der Waals surface area contributed by atoms with Crippen LogP contribution in [0.25, 0.3) is 11.3 Å². The van der Waals surface area contributed by atoms with Gasteiger partial charge >= 0.3 is 0 Å². The molecule has 1 aromatic heterocycles. The molecule has 2 heterocycles. The van der Waals surface area contributed by atoms with Gasteiger partial charge in [-0.1, -0.05) is 0 Å². The number of rotatable bonds is 4. The summed E-state index contributed by atoms with van der Waals surface area (Å²) >= 11 is 0. The van der Waals surface area contributed by atoms with Crippen LogP contribution in [0.5, 0.6) is 0 Å². The minimum absolute atomic E-state index is 0.0184. The average Bonchev–Trinajstić information content (AvgIpc) is 2.67. The van der Waals surface area contributed by atoms with Crippen LogP contribution in [0.15, 0.2) is 36.7 Å². The standard InChI is InChI=1S/C19H21FN4O2/c1-13(25)24-8-6-15(7-9-24)19(26)21-11-17-10-18(23-12-22-17)14-2-4-16(20)5-3-14/h2-5,10,12,15H,6-9,11H2,1H3,(H,21,26). The Morgan fingerprint density at radius 1 is 1.19 bits per heavy atom. The van der Waals surface area contributed by atoms with Crippen LogP contribution in [0.1, 0.15) is 25.5 Å². The molecule has 1 aromatic carbocycles. The molecule has 1 fully saturated rings. The van der Waals surface area contributed by atoms with E-state index in [0.717, 1.165) is 5.56 Å². The number of hydrogen-bond acceptors (Lipinski definition) is 4. The fourth-order valence-corrected chi connectivity index (χ4v) is 3.05. The number of halogens is 1. The minimum Gasteiger partial charge on any atom is -0.350 e. The molecular formula is C19H21FN4O2. The lowest BCUT2D eigenvalue weighted by Crippen LogP contribution is -2.42. The molecule has 1 aliphatic rings. The first-order valence-corrected chi connectivity index (χ1v) is 8.63. The summed E-state index contributed by atoms with van der Waals surface area (Å²) in [5, 5.41) is 2.91. The molecule has 0 spiro atoms. The third-order valence-electron chi connectivity index (χ3n) is 4.62. The Hall–Kier alpha value is -2.83. The maximum atomic E-state index is 13.0. The van der Waals surface area contributed by atoms with E-state index in [1.54, 1.807) is 30.0 Å². The fourth-order valence-electron chi connectivity index (χ4n) is 3.05. The molecule has 0 saturated carbocycles. The number of amides is 2. The molecule has 26 heavy (non-hydrogen) atoms. The van der Waals surface area contributed by atoms with Gasteiger partial charge in [0.1, 0.15) is 12.1 Å². The van der Waals surface area contributed by atoms with Crippen molar-refractivity contribution in [3.05, 3.63) is 48.2 Å². The van der Waals surface area contributed by atoms with Gasteiger partial charge in [-0.05, 0) is 43.2 Å². The van der Waals surface area contributed by atoms with Gasteiger partial charge in [0, 0.05) is 31.5 Å². The Balaban J connectivity index is 1.56. The summed E-state index contributed by atoms with van der Waals surface area (Å²) in [5.74, 6) is -0.344. The van der Waals surface area contributed by atoms with Crippen molar-refractivity contribution in [3.8, 4) is 11.3 Å². The Morgan fingerprint density at radius 2 is 1.88 bits per heavy atom. The summed E-state index contributed by atoms with van der Waals surface area (Å²) in [6.45, 7) is 3.10. The van der Waals surface area contributed by atoms with Crippen molar-refractivity contribution < 1.29 is 14.0 Å². The Kier molecular flexibility index (Phi) is 5.55. The molecule has 1 saturated heterocycles. The predicted molar refractivity (Wildman–Crippen MR) is 94.3 cm³/mol. The predicted octanol–water partition coefficient (Wildman–Crippen LogP) is 2.16. The van der Waals surface area contributed by atoms with Crippen molar-refractivity contribution in [1.29, 1.82) is 0 Å². The summed E-state index contributed by atoms with van der Waals surface area (Å²) in [7, 11) is 0. The number of hydrogen-bond donors (Lipinski definition) is 1. The molecule has 0 atom stereocenters. The molecule has 1 N–H and O–H groups in total. The lowest BCUT2D eigenvalue weighted by Gasteiger charge is -2.30. The molecule has 0 unspecified atom stereocenters. The van der Waals surface area contributed by atoms with Crippen LogP contribution < -0.4 is 5.32 Å². The van der Waals surface area contributed by atoms with Crippen molar-refractivity contribution >= 4 is 11.8 Å². The van der Waals surface area contributed by atoms with Crippen LogP contribution in [-0.4, -0.2) is 39.8 Å². The molecule has 7 heteroatoms. The molecule has 3 rings (SSSR count). The molecule has 0 bridgehead atoms. The van der Waals surface area contributed by atoms with E-state index in [4.69, 9.17) is 0 Å². The van der Waals surface area contributed by atoms with E-state index in [1.165, 1.54) is 18.5 Å². The van der Waals surface area contributed by atoms with E-state index >= 15 is 0 Å². The van der Waals surface area contributed by atoms with Crippen LogP contribution in [0, 0.1) is 11.7 Å². The second-order valence-corrected chi connectivity index (χ2v) is 6.40. The van der Waals surface area contributed by atoms with Crippen molar-refractivity contribution in [1.82, 2.24) is 20.2 Å². The molecule has 136 valence electrons. The molecule has 0 aliphatic carbocycles. The first kappa shape index (κ1) is 18.0. The van der Waals surface area contributed by atoms with Gasteiger partial charge in [-0.15, -0.1) is 0 Å². The summed E-state index contributed by atoms with van der Waals surface area (Å²) in [4.78, 5) is 33.8. The first-order valence-electron chi connectivity index (χ1n) is 8.63. The summed E-state index contributed by atoms with van der Waals surface area (Å²) < 4.78 is 13.0. The number of nitrogens with zero attached hydrogens (tertiary/aromatic N) is 3. The van der Waals surface area contributed by atoms with Crippen LogP contribution in [0.2, 0.25) is 0 Å². The SMILES string of the molecule is CC(=O)N1CCC(C(=O)NCc2cc(-c3ccc(F)cc3)ncn2)CC1. The van der Waals surface area contributed by atoms with E-state index in [9.17, 15) is 14.0 Å². The van der Waals surface area contributed by atoms with E-state index in [-0.39, 0.29) is 23.5 Å². The van der Waals surface area contributed by atoms with Gasteiger partial charge in [-0.2, -0.15) is 0 Å². The highest BCUT2D eigenvalue weighted by molar-refractivity contribution is 5.79. The number of likely N-dealkylation sites (tertiary alicyclic amines) is 1. The van der Waals surface area contributed by atoms with Crippen LogP contribution in [0.4, 0.5) is 4.39 Å². The van der Waals surface area contributed by atoms with Crippen LogP contribution in [-0.2, 0) is 16.1 Å². The topological polar surface area (TPSA) is 75.2 Å². The summed E-state index contributed by atoms with van der Waals surface area (Å²) in [6.07, 6.45) is 2.79. The van der Waals surface area contributed by atoms with Gasteiger partial charge in [0.05, 0.1) is 17.9 Å². The Labute approximate surface area is 151 Å². The van der Waals surface area contributed by atoms with Gasteiger partial charge in [0.15, 0.2) is 0 Å². The number of carbonyl (C=O) groups is 2. The van der Waals surface area contributed by atoms with E-state index in [1.807, 2.05) is 0 Å². The second-order valence-electron chi connectivity index (χ2n) is 6.40. The van der Waals surface area contributed by atoms with E-state index in [2.05, 4.69) is 15.3 Å². The quantitative estimate of drug-likeness (QED) is 0.911. The average molecular weight is 356 g/mol.